The third-order valence-electron chi connectivity index (χ3n) is 8.87. The van der Waals surface area contributed by atoms with Gasteiger partial charge in [-0.1, -0.05) is 41.5 Å². The quantitative estimate of drug-likeness (QED) is 0.409. The lowest BCUT2D eigenvalue weighted by Crippen LogP contribution is -2.47. The van der Waals surface area contributed by atoms with E-state index >= 15 is 0 Å². The van der Waals surface area contributed by atoms with Gasteiger partial charge in [0, 0.05) is 35.7 Å². The molecule has 1 aliphatic carbocycles. The van der Waals surface area contributed by atoms with E-state index in [2.05, 4.69) is 92.9 Å². The SMILES string of the molecule is CC(C)(C)C1C2CCC1N(C(C)(C)C)C2.CC(C)(C)C1CC2CCC1N2C(C)(C)C. The first kappa shape index (κ1) is 24.6. The molecule has 4 bridgehead atoms. The highest BCUT2D eigenvalue weighted by Gasteiger charge is 2.54. The van der Waals surface area contributed by atoms with Crippen molar-refractivity contribution in [3.8, 4) is 0 Å². The summed E-state index contributed by atoms with van der Waals surface area (Å²) >= 11 is 0. The van der Waals surface area contributed by atoms with Crippen molar-refractivity contribution in [1.82, 2.24) is 9.80 Å². The van der Waals surface area contributed by atoms with Crippen molar-refractivity contribution in [2.45, 2.75) is 144 Å². The van der Waals surface area contributed by atoms with Gasteiger partial charge in [-0.15, -0.1) is 0 Å². The molecule has 0 radical (unpaired) electrons. The summed E-state index contributed by atoms with van der Waals surface area (Å²) in [6, 6.07) is 2.59. The lowest BCUT2D eigenvalue weighted by molar-refractivity contribution is 0.0787. The predicted octanol–water partition coefficient (Wildman–Crippen LogP) is 7.23. The summed E-state index contributed by atoms with van der Waals surface area (Å²) in [5, 5.41) is 0. The number of hydrogen-bond acceptors (Lipinski definition) is 2. The predicted molar refractivity (Wildman–Crippen MR) is 132 cm³/mol. The van der Waals surface area contributed by atoms with Crippen LogP contribution in [0.25, 0.3) is 0 Å². The molecule has 4 rings (SSSR count). The smallest absolute Gasteiger partial charge is 0.0138 e. The summed E-state index contributed by atoms with van der Waals surface area (Å²) in [7, 11) is 0. The molecule has 0 aromatic heterocycles. The maximum Gasteiger partial charge on any atom is 0.0138 e. The zero-order valence-electron chi connectivity index (χ0n) is 22.6. The first-order valence-corrected chi connectivity index (χ1v) is 13.0. The fraction of sp³-hybridized carbons (Fsp3) is 1.00. The topological polar surface area (TPSA) is 6.48 Å². The van der Waals surface area contributed by atoms with E-state index in [1.54, 1.807) is 0 Å². The molecular formula is C28H54N2. The highest BCUT2D eigenvalue weighted by Crippen LogP contribution is 2.53. The van der Waals surface area contributed by atoms with Crippen LogP contribution in [0.1, 0.15) is 115 Å². The zero-order chi connectivity index (χ0) is 22.9. The molecule has 4 fully saturated rings. The van der Waals surface area contributed by atoms with Crippen molar-refractivity contribution in [2.24, 2.45) is 28.6 Å². The van der Waals surface area contributed by atoms with E-state index in [0.29, 0.717) is 21.9 Å². The molecule has 3 saturated heterocycles. The van der Waals surface area contributed by atoms with Gasteiger partial charge in [0.25, 0.3) is 0 Å². The van der Waals surface area contributed by atoms with Crippen LogP contribution in [-0.4, -0.2) is 45.5 Å². The van der Waals surface area contributed by atoms with Crippen molar-refractivity contribution >= 4 is 0 Å². The normalized spacial score (nSPS) is 37.6. The fourth-order valence-corrected chi connectivity index (χ4v) is 8.02. The molecule has 6 unspecified atom stereocenters. The maximum atomic E-state index is 2.81. The minimum Gasteiger partial charge on any atom is -0.295 e. The standard InChI is InChI=1S/2C14H27N/c1-13(2,3)11-9-10-7-8-12(11)15(10)14(4,5)6;1-13(2,3)12-10-7-8-11(12)15(9-10)14(4,5)6/h2*10-12H,7-9H2,1-6H3. The maximum absolute atomic E-state index is 2.81. The second-order valence-electron chi connectivity index (χ2n) is 15.2. The molecule has 30 heavy (non-hydrogen) atoms. The van der Waals surface area contributed by atoms with E-state index < -0.39 is 0 Å². The Hall–Kier alpha value is -0.0800. The first-order chi connectivity index (χ1) is 13.4. The van der Waals surface area contributed by atoms with E-state index in [1.165, 1.54) is 38.6 Å². The third kappa shape index (κ3) is 4.66. The largest absolute Gasteiger partial charge is 0.295 e. The van der Waals surface area contributed by atoms with Gasteiger partial charge >= 0.3 is 0 Å². The lowest BCUT2D eigenvalue weighted by atomic mass is 9.72. The van der Waals surface area contributed by atoms with Crippen LogP contribution >= 0.6 is 0 Å². The second kappa shape index (κ2) is 7.75. The molecule has 2 heteroatoms. The molecule has 0 spiro atoms. The monoisotopic (exact) mass is 418 g/mol. The highest BCUT2D eigenvalue weighted by molar-refractivity contribution is 5.07. The summed E-state index contributed by atoms with van der Waals surface area (Å²) < 4.78 is 0. The summed E-state index contributed by atoms with van der Waals surface area (Å²) in [5.41, 5.74) is 1.71. The Labute approximate surface area is 189 Å². The van der Waals surface area contributed by atoms with Crippen LogP contribution < -0.4 is 0 Å². The Morgan fingerprint density at radius 2 is 1.17 bits per heavy atom. The van der Waals surface area contributed by atoms with E-state index in [4.69, 9.17) is 0 Å². The van der Waals surface area contributed by atoms with Crippen molar-refractivity contribution in [1.29, 1.82) is 0 Å². The van der Waals surface area contributed by atoms with Gasteiger partial charge in [0.15, 0.2) is 0 Å². The van der Waals surface area contributed by atoms with Crippen molar-refractivity contribution in [2.75, 3.05) is 6.54 Å². The summed E-state index contributed by atoms with van der Waals surface area (Å²) in [4.78, 5) is 5.57. The molecule has 2 nitrogen and oxygen atoms in total. The van der Waals surface area contributed by atoms with Gasteiger partial charge in [0.2, 0.25) is 0 Å². The molecule has 1 saturated carbocycles. The summed E-state index contributed by atoms with van der Waals surface area (Å²) in [5.74, 6) is 2.81. The van der Waals surface area contributed by atoms with Crippen LogP contribution in [0.4, 0.5) is 0 Å². The van der Waals surface area contributed by atoms with Crippen LogP contribution in [0.5, 0.6) is 0 Å². The lowest BCUT2D eigenvalue weighted by Gasteiger charge is -2.40. The van der Waals surface area contributed by atoms with E-state index in [1.807, 2.05) is 0 Å². The summed E-state index contributed by atoms with van der Waals surface area (Å²) in [6.45, 7) is 30.1. The molecular weight excluding hydrogens is 364 g/mol. The minimum atomic E-state index is 0.364. The number of nitrogens with zero attached hydrogens (tertiary/aromatic N) is 2. The molecule has 6 atom stereocenters. The second-order valence-corrected chi connectivity index (χ2v) is 15.2. The number of rotatable bonds is 0. The van der Waals surface area contributed by atoms with Crippen LogP contribution in [0, 0.1) is 28.6 Å². The van der Waals surface area contributed by atoms with Crippen LogP contribution in [0.15, 0.2) is 0 Å². The van der Waals surface area contributed by atoms with Gasteiger partial charge in [-0.3, -0.25) is 9.80 Å². The van der Waals surface area contributed by atoms with Gasteiger partial charge in [0.1, 0.15) is 0 Å². The van der Waals surface area contributed by atoms with Gasteiger partial charge in [-0.05, 0) is 102 Å². The third-order valence-corrected chi connectivity index (χ3v) is 8.87. The van der Waals surface area contributed by atoms with E-state index in [-0.39, 0.29) is 0 Å². The Kier molecular flexibility index (Phi) is 6.35. The van der Waals surface area contributed by atoms with Crippen LogP contribution in [-0.2, 0) is 0 Å². The molecule has 3 aliphatic heterocycles. The van der Waals surface area contributed by atoms with Crippen molar-refractivity contribution in [3.05, 3.63) is 0 Å². The highest BCUT2D eigenvalue weighted by atomic mass is 15.3. The molecule has 0 aromatic rings. The molecule has 0 N–H and O–H groups in total. The Bertz CT molecular complexity index is 540. The van der Waals surface area contributed by atoms with E-state index in [0.717, 1.165) is 35.9 Å². The number of hydrogen-bond donors (Lipinski definition) is 0. The average molecular weight is 419 g/mol. The summed E-state index contributed by atoms with van der Waals surface area (Å²) in [6.07, 6.45) is 7.22. The first-order valence-electron chi connectivity index (χ1n) is 13.0. The Morgan fingerprint density at radius 3 is 1.50 bits per heavy atom. The molecule has 0 amide bonds. The van der Waals surface area contributed by atoms with E-state index in [9.17, 15) is 0 Å². The molecule has 4 aliphatic rings. The van der Waals surface area contributed by atoms with Gasteiger partial charge in [-0.25, -0.2) is 0 Å². The number of piperidine rings is 1. The van der Waals surface area contributed by atoms with Crippen LogP contribution in [0.3, 0.4) is 0 Å². The number of fused-ring (bicyclic) bond motifs is 4. The molecule has 0 aromatic carbocycles. The van der Waals surface area contributed by atoms with Gasteiger partial charge in [-0.2, -0.15) is 0 Å². The Morgan fingerprint density at radius 1 is 0.600 bits per heavy atom. The zero-order valence-corrected chi connectivity index (χ0v) is 22.6. The average Bonchev–Trinajstić information content (AvgIpc) is 3.29. The molecule has 176 valence electrons. The van der Waals surface area contributed by atoms with Crippen LogP contribution in [0.2, 0.25) is 0 Å². The van der Waals surface area contributed by atoms with Crippen molar-refractivity contribution < 1.29 is 0 Å². The van der Waals surface area contributed by atoms with Gasteiger partial charge in [0.05, 0.1) is 0 Å². The Balaban J connectivity index is 0.000000171. The molecule has 3 heterocycles. The van der Waals surface area contributed by atoms with Crippen molar-refractivity contribution in [3.63, 3.8) is 0 Å². The fourth-order valence-electron chi connectivity index (χ4n) is 8.02. The number of likely N-dealkylation sites (tertiary alicyclic amines) is 1. The minimum absolute atomic E-state index is 0.364. The van der Waals surface area contributed by atoms with Gasteiger partial charge < -0.3 is 0 Å².